The lowest BCUT2D eigenvalue weighted by Crippen LogP contribution is -2.44. The average Bonchev–Trinajstić information content (AvgIpc) is 3.53. The van der Waals surface area contributed by atoms with Crippen molar-refractivity contribution < 1.29 is 4.48 Å². The topological polar surface area (TPSA) is 18.5 Å². The first kappa shape index (κ1) is 23.8. The highest BCUT2D eigenvalue weighted by Gasteiger charge is 2.41. The van der Waals surface area contributed by atoms with Gasteiger partial charge in [-0.2, -0.15) is 0 Å². The summed E-state index contributed by atoms with van der Waals surface area (Å²) in [5.41, 5.74) is 5.19. The maximum atomic E-state index is 3.71. The Kier molecular flexibility index (Phi) is 6.79. The molecule has 0 unspecified atom stereocenters. The Bertz CT molecular complexity index is 1330. The summed E-state index contributed by atoms with van der Waals surface area (Å²) in [6.45, 7) is 3.33. The van der Waals surface area contributed by atoms with Crippen LogP contribution in [0.25, 0.3) is 0 Å². The van der Waals surface area contributed by atoms with E-state index in [1.807, 2.05) is 0 Å². The zero-order valence-electron chi connectivity index (χ0n) is 21.5. The van der Waals surface area contributed by atoms with Gasteiger partial charge in [-0.3, -0.25) is 0 Å². The second-order valence-corrected chi connectivity index (χ2v) is 9.98. The van der Waals surface area contributed by atoms with E-state index in [0.29, 0.717) is 4.48 Å². The van der Waals surface area contributed by atoms with Crippen LogP contribution in [0.3, 0.4) is 0 Å². The summed E-state index contributed by atoms with van der Waals surface area (Å²) in [6, 6.07) is 43.1. The molecule has 4 heteroatoms. The molecule has 0 saturated heterocycles. The second-order valence-electron chi connectivity index (χ2n) is 9.98. The lowest BCUT2D eigenvalue weighted by Gasteiger charge is -2.36. The van der Waals surface area contributed by atoms with Gasteiger partial charge in [0, 0.05) is 36.6 Å². The molecule has 188 valence electrons. The van der Waals surface area contributed by atoms with Crippen molar-refractivity contribution >= 4 is 0 Å². The molecule has 4 aromatic rings. The maximum absolute atomic E-state index is 3.71. The molecule has 38 heavy (non-hydrogen) atoms. The Balaban J connectivity index is 1.45. The number of hydrogen-bond donors (Lipinski definition) is 1. The Morgan fingerprint density at radius 2 is 0.895 bits per heavy atom. The Hall–Kier alpha value is -4.54. The quantitative estimate of drug-likeness (QED) is 0.267. The first-order chi connectivity index (χ1) is 18.8. The fourth-order valence-electron chi connectivity index (χ4n) is 5.42. The highest BCUT2D eigenvalue weighted by molar-refractivity contribution is 5.27. The van der Waals surface area contributed by atoms with Crippen LogP contribution < -0.4 is 5.32 Å². The summed E-state index contributed by atoms with van der Waals surface area (Å²) in [5, 5.41) is 3.71. The Labute approximate surface area is 225 Å². The predicted octanol–water partition coefficient (Wildman–Crippen LogP) is 6.89. The van der Waals surface area contributed by atoms with Crippen molar-refractivity contribution in [3.8, 4) is 0 Å². The number of benzene rings is 4. The molecule has 2 aliphatic heterocycles. The third-order valence-electron chi connectivity index (χ3n) is 7.21. The van der Waals surface area contributed by atoms with Crippen LogP contribution in [0.5, 0.6) is 0 Å². The highest BCUT2D eigenvalue weighted by atomic mass is 15.5. The maximum Gasteiger partial charge on any atom is 0.253 e. The lowest BCUT2D eigenvalue weighted by atomic mass is 10.1. The smallest absolute Gasteiger partial charge is 0.253 e. The second kappa shape index (κ2) is 10.8. The van der Waals surface area contributed by atoms with E-state index in [2.05, 4.69) is 161 Å². The van der Waals surface area contributed by atoms with E-state index in [-0.39, 0.29) is 0 Å². The number of hydrogen-bond acceptors (Lipinski definition) is 3. The summed E-state index contributed by atoms with van der Waals surface area (Å²) >= 11 is 0. The van der Waals surface area contributed by atoms with Crippen molar-refractivity contribution in [3.63, 3.8) is 0 Å². The zero-order valence-corrected chi connectivity index (χ0v) is 21.5. The summed E-state index contributed by atoms with van der Waals surface area (Å²) in [4.78, 5) is 4.77. The molecule has 0 bridgehead atoms. The average molecular weight is 498 g/mol. The molecule has 0 saturated carbocycles. The van der Waals surface area contributed by atoms with Gasteiger partial charge in [-0.15, -0.1) is 0 Å². The van der Waals surface area contributed by atoms with Gasteiger partial charge in [0.1, 0.15) is 19.3 Å². The first-order valence-corrected chi connectivity index (χ1v) is 13.2. The van der Waals surface area contributed by atoms with E-state index >= 15 is 0 Å². The van der Waals surface area contributed by atoms with Gasteiger partial charge in [0.15, 0.2) is 5.82 Å². The molecule has 2 heterocycles. The fraction of sp³-hybridized carbons (Fsp3) is 0.118. The molecule has 2 aliphatic rings. The molecule has 4 nitrogen and oxygen atoms in total. The van der Waals surface area contributed by atoms with Crippen LogP contribution in [0.1, 0.15) is 22.3 Å². The van der Waals surface area contributed by atoms with Crippen LogP contribution in [0.2, 0.25) is 0 Å². The molecule has 0 spiro atoms. The molecule has 0 fully saturated rings. The van der Waals surface area contributed by atoms with Crippen LogP contribution in [-0.4, -0.2) is 14.3 Å². The SMILES string of the molecule is C1=C[N+](Cc2ccccc2)(Cc2ccccc2)C(=C2N(Cc3ccccc3)C=CN2Cc2ccccc2)N1. The largest absolute Gasteiger partial charge is 0.322 e. The van der Waals surface area contributed by atoms with E-state index in [0.717, 1.165) is 26.2 Å². The molecule has 0 amide bonds. The van der Waals surface area contributed by atoms with Gasteiger partial charge in [0.2, 0.25) is 0 Å². The standard InChI is InChI=1S/C34H33N4/c1-5-13-29(14-6-1)25-36-22-23-37(26-30-15-7-2-8-16-30)34(36)33-35-21-24-38(33,27-31-17-9-3-10-18-31)28-32-19-11-4-12-20-32/h1-24,35H,25-28H2/q+1. The number of nitrogens with zero attached hydrogens (tertiary/aromatic N) is 3. The van der Waals surface area contributed by atoms with Crippen LogP contribution in [-0.2, 0) is 26.2 Å². The van der Waals surface area contributed by atoms with Gasteiger partial charge >= 0.3 is 0 Å². The van der Waals surface area contributed by atoms with E-state index in [1.165, 1.54) is 33.9 Å². The fourth-order valence-corrected chi connectivity index (χ4v) is 5.42. The summed E-state index contributed by atoms with van der Waals surface area (Å²) in [7, 11) is 0. The van der Waals surface area contributed by atoms with Gasteiger partial charge in [-0.05, 0) is 11.1 Å². The van der Waals surface area contributed by atoms with E-state index in [1.54, 1.807) is 0 Å². The third kappa shape index (κ3) is 5.13. The van der Waals surface area contributed by atoms with E-state index in [9.17, 15) is 0 Å². The monoisotopic (exact) mass is 497 g/mol. The van der Waals surface area contributed by atoms with Crippen LogP contribution in [0.4, 0.5) is 0 Å². The molecular weight excluding hydrogens is 464 g/mol. The van der Waals surface area contributed by atoms with Crippen LogP contribution in [0, 0.1) is 0 Å². The molecular formula is C34H33N4+. The van der Waals surface area contributed by atoms with Gasteiger partial charge in [-0.25, -0.2) is 4.48 Å². The molecule has 6 rings (SSSR count). The molecule has 1 N–H and O–H groups in total. The van der Waals surface area contributed by atoms with Crippen LogP contribution in [0.15, 0.2) is 158 Å². The van der Waals surface area contributed by atoms with E-state index in [4.69, 9.17) is 0 Å². The Morgan fingerprint density at radius 1 is 0.500 bits per heavy atom. The number of rotatable bonds is 8. The number of nitrogens with one attached hydrogen (secondary N) is 1. The minimum Gasteiger partial charge on any atom is -0.322 e. The lowest BCUT2D eigenvalue weighted by molar-refractivity contribution is -0.868. The molecule has 4 aromatic carbocycles. The predicted molar refractivity (Wildman–Crippen MR) is 153 cm³/mol. The highest BCUT2D eigenvalue weighted by Crippen LogP contribution is 2.36. The van der Waals surface area contributed by atoms with Gasteiger partial charge in [0.05, 0.1) is 6.20 Å². The van der Waals surface area contributed by atoms with Gasteiger partial charge < -0.3 is 15.1 Å². The van der Waals surface area contributed by atoms with Crippen molar-refractivity contribution in [1.29, 1.82) is 0 Å². The molecule has 0 atom stereocenters. The third-order valence-corrected chi connectivity index (χ3v) is 7.21. The van der Waals surface area contributed by atoms with Crippen molar-refractivity contribution in [3.05, 3.63) is 180 Å². The van der Waals surface area contributed by atoms with Crippen molar-refractivity contribution in [2.75, 3.05) is 0 Å². The first-order valence-electron chi connectivity index (χ1n) is 13.2. The molecule has 0 radical (unpaired) electrons. The van der Waals surface area contributed by atoms with E-state index < -0.39 is 0 Å². The molecule has 0 aromatic heterocycles. The normalized spacial score (nSPS) is 15.8. The van der Waals surface area contributed by atoms with Crippen molar-refractivity contribution in [2.24, 2.45) is 0 Å². The van der Waals surface area contributed by atoms with Gasteiger partial charge in [-0.1, -0.05) is 121 Å². The summed E-state index contributed by atoms with van der Waals surface area (Å²) < 4.78 is 0.682. The minimum atomic E-state index is 0.682. The summed E-state index contributed by atoms with van der Waals surface area (Å²) in [5.74, 6) is 2.38. The van der Waals surface area contributed by atoms with Gasteiger partial charge in [0.25, 0.3) is 5.82 Å². The number of quaternary nitrogens is 1. The van der Waals surface area contributed by atoms with Crippen molar-refractivity contribution in [1.82, 2.24) is 15.1 Å². The minimum absolute atomic E-state index is 0.682. The summed E-state index contributed by atoms with van der Waals surface area (Å²) in [6.07, 6.45) is 8.88. The van der Waals surface area contributed by atoms with Crippen molar-refractivity contribution in [2.45, 2.75) is 26.2 Å². The zero-order chi connectivity index (χ0) is 25.6. The molecule has 0 aliphatic carbocycles. The Morgan fingerprint density at radius 3 is 1.32 bits per heavy atom. The van der Waals surface area contributed by atoms with Crippen LogP contribution >= 0.6 is 0 Å².